The molecular weight excluding hydrogens is 294 g/mol. The highest BCUT2D eigenvalue weighted by molar-refractivity contribution is 5.80. The van der Waals surface area contributed by atoms with Gasteiger partial charge in [0.05, 0.1) is 6.20 Å². The molecule has 1 rings (SSSR count). The van der Waals surface area contributed by atoms with E-state index in [4.69, 9.17) is 5.73 Å². The first-order valence-corrected chi connectivity index (χ1v) is 5.12. The topological polar surface area (TPSA) is 72.9 Å². The summed E-state index contributed by atoms with van der Waals surface area (Å²) >= 11 is 0. The predicted octanol–water partition coefficient (Wildman–Crippen LogP) is 1.36. The number of halogens is 6. The van der Waals surface area contributed by atoms with Gasteiger partial charge in [0.2, 0.25) is 11.8 Å². The number of carbonyl (C=O) groups is 1. The second-order valence-electron chi connectivity index (χ2n) is 3.91. The molecule has 0 unspecified atom stereocenters. The lowest BCUT2D eigenvalue weighted by atomic mass is 10.1. The summed E-state index contributed by atoms with van der Waals surface area (Å²) in [6, 6.07) is 0. The highest BCUT2D eigenvalue weighted by Gasteiger charge is 2.61. The molecule has 0 aliphatic carbocycles. The van der Waals surface area contributed by atoms with Crippen molar-refractivity contribution < 1.29 is 31.1 Å². The number of aromatic nitrogens is 2. The Labute approximate surface area is 108 Å². The van der Waals surface area contributed by atoms with Crippen molar-refractivity contribution >= 4 is 11.7 Å². The van der Waals surface area contributed by atoms with Crippen LogP contribution < -0.4 is 11.1 Å². The van der Waals surface area contributed by atoms with Gasteiger partial charge in [0.25, 0.3) is 0 Å². The van der Waals surface area contributed by atoms with Crippen molar-refractivity contribution in [1.82, 2.24) is 15.1 Å². The van der Waals surface area contributed by atoms with Gasteiger partial charge in [-0.25, -0.2) is 0 Å². The zero-order valence-corrected chi connectivity index (χ0v) is 10.0. The summed E-state index contributed by atoms with van der Waals surface area (Å²) in [4.78, 5) is 11.1. The van der Waals surface area contributed by atoms with E-state index in [0.29, 0.717) is 0 Å². The normalized spacial score (nSPS) is 12.8. The van der Waals surface area contributed by atoms with Crippen LogP contribution in [0.15, 0.2) is 6.20 Å². The molecule has 114 valence electrons. The number of aryl methyl sites for hydroxylation is 1. The Kier molecular flexibility index (Phi) is 4.20. The van der Waals surface area contributed by atoms with Crippen molar-refractivity contribution in [3.05, 3.63) is 11.8 Å². The van der Waals surface area contributed by atoms with Crippen molar-refractivity contribution in [3.8, 4) is 0 Å². The molecule has 1 aromatic rings. The monoisotopic (exact) mass is 304 g/mol. The Morgan fingerprint density at radius 2 is 1.85 bits per heavy atom. The van der Waals surface area contributed by atoms with E-state index in [1.54, 1.807) is 5.32 Å². The average Bonchev–Trinajstić information content (AvgIpc) is 2.53. The summed E-state index contributed by atoms with van der Waals surface area (Å²) in [5, 5.41) is 5.19. The fraction of sp³-hybridized carbons (Fsp3) is 0.556. The van der Waals surface area contributed by atoms with Gasteiger partial charge in [-0.05, 0) is 0 Å². The maximum Gasteiger partial charge on any atom is 0.409 e. The molecule has 0 bridgehead atoms. The summed E-state index contributed by atoms with van der Waals surface area (Å²) in [5.74, 6) is -6.23. The second kappa shape index (κ2) is 5.21. The van der Waals surface area contributed by atoms with Crippen LogP contribution in [0, 0.1) is 5.92 Å². The van der Waals surface area contributed by atoms with E-state index in [1.165, 1.54) is 7.05 Å². The molecule has 3 N–H and O–H groups in total. The van der Waals surface area contributed by atoms with Crippen LogP contribution in [0.4, 0.5) is 32.2 Å². The smallest absolute Gasteiger partial charge is 0.384 e. The van der Waals surface area contributed by atoms with Crippen LogP contribution >= 0.6 is 0 Å². The molecule has 0 aromatic carbocycles. The highest BCUT2D eigenvalue weighted by Crippen LogP contribution is 2.39. The number of anilines is 1. The van der Waals surface area contributed by atoms with Crippen LogP contribution in [0.5, 0.6) is 0 Å². The van der Waals surface area contributed by atoms with E-state index in [-0.39, 0.29) is 11.4 Å². The number of nitrogens with one attached hydrogen (secondary N) is 1. The fourth-order valence-corrected chi connectivity index (χ4v) is 1.40. The van der Waals surface area contributed by atoms with Gasteiger partial charge in [-0.1, -0.05) is 0 Å². The minimum Gasteiger partial charge on any atom is -0.384 e. The van der Waals surface area contributed by atoms with Crippen LogP contribution in [-0.2, 0) is 18.4 Å². The Bertz CT molecular complexity index is 478. The first-order chi connectivity index (χ1) is 8.94. The van der Waals surface area contributed by atoms with Gasteiger partial charge in [-0.15, -0.1) is 0 Å². The fourth-order valence-electron chi connectivity index (χ4n) is 1.40. The number of amides is 1. The number of hydrogen-bond acceptors (Lipinski definition) is 3. The average molecular weight is 304 g/mol. The van der Waals surface area contributed by atoms with Crippen molar-refractivity contribution in [2.24, 2.45) is 13.0 Å². The van der Waals surface area contributed by atoms with Crippen molar-refractivity contribution in [2.75, 3.05) is 5.73 Å². The van der Waals surface area contributed by atoms with E-state index >= 15 is 0 Å². The largest absolute Gasteiger partial charge is 0.409 e. The first-order valence-electron chi connectivity index (χ1n) is 5.12. The molecule has 20 heavy (non-hydrogen) atoms. The van der Waals surface area contributed by atoms with Crippen molar-refractivity contribution in [2.45, 2.75) is 18.9 Å². The SMILES string of the molecule is Cn1ncc(CNC(=O)C(C(F)(F)F)C(F)(F)F)c1N. The quantitative estimate of drug-likeness (QED) is 0.828. The molecule has 1 amide bonds. The maximum absolute atomic E-state index is 12.3. The van der Waals surface area contributed by atoms with E-state index in [9.17, 15) is 31.1 Å². The number of hydrogen-bond donors (Lipinski definition) is 2. The third-order valence-corrected chi connectivity index (χ3v) is 2.43. The van der Waals surface area contributed by atoms with E-state index in [2.05, 4.69) is 5.10 Å². The number of nitrogen functional groups attached to an aromatic ring is 1. The Balaban J connectivity index is 2.81. The summed E-state index contributed by atoms with van der Waals surface area (Å²) in [7, 11) is 1.43. The number of rotatable bonds is 3. The van der Waals surface area contributed by atoms with Gasteiger partial charge in [0.1, 0.15) is 5.82 Å². The summed E-state index contributed by atoms with van der Waals surface area (Å²) < 4.78 is 74.7. The number of alkyl halides is 6. The third kappa shape index (κ3) is 3.54. The van der Waals surface area contributed by atoms with E-state index < -0.39 is 30.7 Å². The standard InChI is InChI=1S/C9H10F6N4O/c1-19-6(16)4(3-18-19)2-17-7(20)5(8(10,11)12)9(13,14)15/h3,5H,2,16H2,1H3,(H,17,20). The molecule has 5 nitrogen and oxygen atoms in total. The van der Waals surface area contributed by atoms with Crippen molar-refractivity contribution in [3.63, 3.8) is 0 Å². The van der Waals surface area contributed by atoms with Crippen LogP contribution in [0.3, 0.4) is 0 Å². The minimum absolute atomic E-state index is 0.0286. The highest BCUT2D eigenvalue weighted by atomic mass is 19.4. The Morgan fingerprint density at radius 1 is 1.35 bits per heavy atom. The van der Waals surface area contributed by atoms with E-state index in [0.717, 1.165) is 10.9 Å². The van der Waals surface area contributed by atoms with Gasteiger partial charge >= 0.3 is 12.4 Å². The Morgan fingerprint density at radius 3 is 2.20 bits per heavy atom. The van der Waals surface area contributed by atoms with Crippen LogP contribution in [0.25, 0.3) is 0 Å². The van der Waals surface area contributed by atoms with Gasteiger partial charge in [0.15, 0.2) is 0 Å². The summed E-state index contributed by atoms with van der Waals surface area (Å²) in [6.45, 7) is -0.582. The van der Waals surface area contributed by atoms with Crippen LogP contribution in [0.1, 0.15) is 5.56 Å². The molecule has 1 aromatic heterocycles. The van der Waals surface area contributed by atoms with Crippen molar-refractivity contribution in [1.29, 1.82) is 0 Å². The number of nitrogens with two attached hydrogens (primary N) is 1. The lowest BCUT2D eigenvalue weighted by Crippen LogP contribution is -2.47. The lowest BCUT2D eigenvalue weighted by molar-refractivity contribution is -0.274. The van der Waals surface area contributed by atoms with Gasteiger partial charge in [0, 0.05) is 19.2 Å². The van der Waals surface area contributed by atoms with Crippen LogP contribution in [-0.4, -0.2) is 28.0 Å². The van der Waals surface area contributed by atoms with Gasteiger partial charge in [-0.3, -0.25) is 9.48 Å². The molecule has 0 saturated heterocycles. The van der Waals surface area contributed by atoms with Gasteiger partial charge in [-0.2, -0.15) is 31.4 Å². The number of nitrogens with zero attached hydrogens (tertiary/aromatic N) is 2. The second-order valence-corrected chi connectivity index (χ2v) is 3.91. The minimum atomic E-state index is -5.72. The molecule has 0 saturated carbocycles. The predicted molar refractivity (Wildman–Crippen MR) is 55.1 cm³/mol. The zero-order valence-electron chi connectivity index (χ0n) is 10.0. The molecule has 0 radical (unpaired) electrons. The zero-order chi connectivity index (χ0) is 15.7. The van der Waals surface area contributed by atoms with Crippen LogP contribution in [0.2, 0.25) is 0 Å². The molecule has 0 fully saturated rings. The maximum atomic E-state index is 12.3. The third-order valence-electron chi connectivity index (χ3n) is 2.43. The molecular formula is C9H10F6N4O. The molecule has 0 aliphatic rings. The van der Waals surface area contributed by atoms with Gasteiger partial charge < -0.3 is 11.1 Å². The molecule has 0 spiro atoms. The molecule has 1 heterocycles. The summed E-state index contributed by atoms with van der Waals surface area (Å²) in [5.41, 5.74) is 5.56. The number of carbonyl (C=O) groups excluding carboxylic acids is 1. The lowest BCUT2D eigenvalue weighted by Gasteiger charge is -2.21. The Hall–Kier alpha value is -1.94. The molecule has 11 heteroatoms. The van der Waals surface area contributed by atoms with E-state index in [1.807, 2.05) is 0 Å². The molecule has 0 atom stereocenters. The first kappa shape index (κ1) is 16.1. The summed E-state index contributed by atoms with van der Waals surface area (Å²) in [6.07, 6.45) is -10.3. The molecule has 0 aliphatic heterocycles.